The fourth-order valence-corrected chi connectivity index (χ4v) is 1.30. The van der Waals surface area contributed by atoms with Gasteiger partial charge >= 0.3 is 0 Å². The smallest absolute Gasteiger partial charge is 0.118 e. The Morgan fingerprint density at radius 3 is 2.86 bits per heavy atom. The fourth-order valence-electron chi connectivity index (χ4n) is 1.30. The Hall–Kier alpha value is -1.30. The highest BCUT2D eigenvalue weighted by atomic mass is 16.5. The molecule has 0 radical (unpaired) electrons. The maximum Gasteiger partial charge on any atom is 0.118 e. The van der Waals surface area contributed by atoms with Crippen LogP contribution in [0.1, 0.15) is 11.1 Å². The summed E-state index contributed by atoms with van der Waals surface area (Å²) in [7, 11) is 1.66. The molecule has 0 spiro atoms. The molecule has 1 aromatic rings. The zero-order chi connectivity index (χ0) is 10.4. The van der Waals surface area contributed by atoms with Crippen molar-refractivity contribution in [3.63, 3.8) is 0 Å². The molecule has 1 N–H and O–H groups in total. The van der Waals surface area contributed by atoms with Crippen molar-refractivity contribution < 1.29 is 9.84 Å². The van der Waals surface area contributed by atoms with Crippen LogP contribution in [0.25, 0.3) is 0 Å². The molecule has 1 rings (SSSR count). The van der Waals surface area contributed by atoms with Gasteiger partial charge in [-0.05, 0) is 11.1 Å². The minimum Gasteiger partial charge on any atom is -0.380 e. The molecule has 0 aliphatic rings. The third kappa shape index (κ3) is 3.21. The maximum atomic E-state index is 9.26. The average molecular weight is 190 g/mol. The number of rotatable bonds is 4. The van der Waals surface area contributed by atoms with Crippen LogP contribution in [-0.4, -0.2) is 18.3 Å². The molecule has 0 aromatic heterocycles. The van der Waals surface area contributed by atoms with Crippen LogP contribution in [0.3, 0.4) is 0 Å². The van der Waals surface area contributed by atoms with E-state index in [1.165, 1.54) is 0 Å². The van der Waals surface area contributed by atoms with Crippen molar-refractivity contribution in [2.24, 2.45) is 0 Å². The predicted octanol–water partition coefficient (Wildman–Crippen LogP) is 1.37. The number of hydrogen-bond donors (Lipinski definition) is 1. The van der Waals surface area contributed by atoms with Crippen molar-refractivity contribution in [2.45, 2.75) is 19.1 Å². The standard InChI is InChI=1S/C12H14O2/c1-3-12(13)8-10-5-4-6-11(7-10)9-14-2/h1,4-7,12-13H,8-9H2,2H3. The third-order valence-corrected chi connectivity index (χ3v) is 1.92. The average Bonchev–Trinajstić information content (AvgIpc) is 2.19. The van der Waals surface area contributed by atoms with E-state index in [0.717, 1.165) is 11.1 Å². The van der Waals surface area contributed by atoms with Crippen molar-refractivity contribution in [3.8, 4) is 12.3 Å². The molecule has 1 unspecified atom stereocenters. The summed E-state index contributed by atoms with van der Waals surface area (Å²) in [6.45, 7) is 0.583. The van der Waals surface area contributed by atoms with Gasteiger partial charge in [0, 0.05) is 13.5 Å². The Morgan fingerprint density at radius 2 is 2.21 bits per heavy atom. The first kappa shape index (κ1) is 10.8. The Kier molecular flexibility index (Phi) is 4.18. The Balaban J connectivity index is 2.69. The van der Waals surface area contributed by atoms with Gasteiger partial charge in [0.1, 0.15) is 6.10 Å². The minimum absolute atomic E-state index is 0.494. The van der Waals surface area contributed by atoms with Crippen LogP contribution >= 0.6 is 0 Å². The molecule has 2 heteroatoms. The van der Waals surface area contributed by atoms with E-state index in [-0.39, 0.29) is 0 Å². The number of hydrogen-bond acceptors (Lipinski definition) is 2. The second kappa shape index (κ2) is 5.43. The van der Waals surface area contributed by atoms with Gasteiger partial charge in [-0.1, -0.05) is 30.2 Å². The Labute approximate surface area is 84.5 Å². The van der Waals surface area contributed by atoms with Crippen LogP contribution < -0.4 is 0 Å². The fraction of sp³-hybridized carbons (Fsp3) is 0.333. The van der Waals surface area contributed by atoms with Crippen LogP contribution in [0.2, 0.25) is 0 Å². The molecule has 0 bridgehead atoms. The van der Waals surface area contributed by atoms with Gasteiger partial charge in [0.05, 0.1) is 6.61 Å². The SMILES string of the molecule is C#CC(O)Cc1cccc(COC)c1. The summed E-state index contributed by atoms with van der Waals surface area (Å²) in [6, 6.07) is 7.85. The molecule has 0 saturated heterocycles. The summed E-state index contributed by atoms with van der Waals surface area (Å²) in [5.41, 5.74) is 2.12. The van der Waals surface area contributed by atoms with Gasteiger partial charge in [-0.15, -0.1) is 6.42 Å². The molecule has 74 valence electrons. The normalized spacial score (nSPS) is 12.1. The van der Waals surface area contributed by atoms with Crippen molar-refractivity contribution in [3.05, 3.63) is 35.4 Å². The molecule has 1 aromatic carbocycles. The lowest BCUT2D eigenvalue weighted by Gasteiger charge is -2.05. The zero-order valence-corrected chi connectivity index (χ0v) is 8.23. The van der Waals surface area contributed by atoms with Crippen molar-refractivity contribution in [1.82, 2.24) is 0 Å². The predicted molar refractivity (Wildman–Crippen MR) is 55.7 cm³/mol. The first-order chi connectivity index (χ1) is 6.76. The highest BCUT2D eigenvalue weighted by Crippen LogP contribution is 2.08. The molecule has 0 saturated carbocycles. The summed E-state index contributed by atoms with van der Waals surface area (Å²) in [5, 5.41) is 9.26. The maximum absolute atomic E-state index is 9.26. The first-order valence-electron chi connectivity index (χ1n) is 4.47. The van der Waals surface area contributed by atoms with Gasteiger partial charge in [0.25, 0.3) is 0 Å². The van der Waals surface area contributed by atoms with Gasteiger partial charge in [0.15, 0.2) is 0 Å². The lowest BCUT2D eigenvalue weighted by atomic mass is 10.1. The molecule has 0 heterocycles. The quantitative estimate of drug-likeness (QED) is 0.727. The van der Waals surface area contributed by atoms with Crippen LogP contribution in [-0.2, 0) is 17.8 Å². The van der Waals surface area contributed by atoms with Gasteiger partial charge in [0.2, 0.25) is 0 Å². The number of aliphatic hydroxyl groups excluding tert-OH is 1. The van der Waals surface area contributed by atoms with E-state index >= 15 is 0 Å². The monoisotopic (exact) mass is 190 g/mol. The van der Waals surface area contributed by atoms with E-state index in [1.54, 1.807) is 7.11 Å². The van der Waals surface area contributed by atoms with E-state index in [4.69, 9.17) is 11.2 Å². The largest absolute Gasteiger partial charge is 0.380 e. The third-order valence-electron chi connectivity index (χ3n) is 1.92. The Bertz CT molecular complexity index is 325. The van der Waals surface area contributed by atoms with Gasteiger partial charge in [-0.3, -0.25) is 0 Å². The summed E-state index contributed by atoms with van der Waals surface area (Å²) in [6.07, 6.45) is 4.88. The van der Waals surface area contributed by atoms with Crippen LogP contribution in [0, 0.1) is 12.3 Å². The van der Waals surface area contributed by atoms with E-state index in [2.05, 4.69) is 5.92 Å². The Morgan fingerprint density at radius 1 is 1.50 bits per heavy atom. The topological polar surface area (TPSA) is 29.5 Å². The number of methoxy groups -OCH3 is 1. The lowest BCUT2D eigenvalue weighted by Crippen LogP contribution is -2.06. The zero-order valence-electron chi connectivity index (χ0n) is 8.23. The molecule has 14 heavy (non-hydrogen) atoms. The molecule has 0 aliphatic carbocycles. The van der Waals surface area contributed by atoms with Gasteiger partial charge < -0.3 is 9.84 Å². The van der Waals surface area contributed by atoms with E-state index < -0.39 is 6.10 Å². The summed E-state index contributed by atoms with van der Waals surface area (Å²) < 4.78 is 5.01. The number of ether oxygens (including phenoxy) is 1. The van der Waals surface area contributed by atoms with Crippen molar-refractivity contribution >= 4 is 0 Å². The van der Waals surface area contributed by atoms with Crippen LogP contribution in [0.15, 0.2) is 24.3 Å². The highest BCUT2D eigenvalue weighted by Gasteiger charge is 2.01. The molecule has 1 atom stereocenters. The summed E-state index contributed by atoms with van der Waals surface area (Å²) in [4.78, 5) is 0. The summed E-state index contributed by atoms with van der Waals surface area (Å²) >= 11 is 0. The van der Waals surface area contributed by atoms with Crippen molar-refractivity contribution in [2.75, 3.05) is 7.11 Å². The molecular weight excluding hydrogens is 176 g/mol. The number of aliphatic hydroxyl groups is 1. The second-order valence-electron chi connectivity index (χ2n) is 3.14. The second-order valence-corrected chi connectivity index (χ2v) is 3.14. The number of benzene rings is 1. The molecular formula is C12H14O2. The van der Waals surface area contributed by atoms with Crippen molar-refractivity contribution in [1.29, 1.82) is 0 Å². The van der Waals surface area contributed by atoms with E-state index in [1.807, 2.05) is 24.3 Å². The van der Waals surface area contributed by atoms with Gasteiger partial charge in [-0.2, -0.15) is 0 Å². The highest BCUT2D eigenvalue weighted by molar-refractivity contribution is 5.24. The molecule has 0 aliphatic heterocycles. The molecule has 2 nitrogen and oxygen atoms in total. The van der Waals surface area contributed by atoms with Crippen LogP contribution in [0.5, 0.6) is 0 Å². The lowest BCUT2D eigenvalue weighted by molar-refractivity contribution is 0.184. The van der Waals surface area contributed by atoms with Gasteiger partial charge in [-0.25, -0.2) is 0 Å². The molecule has 0 amide bonds. The van der Waals surface area contributed by atoms with E-state index in [0.29, 0.717) is 13.0 Å². The minimum atomic E-state index is -0.701. The van der Waals surface area contributed by atoms with Crippen LogP contribution in [0.4, 0.5) is 0 Å². The molecule has 0 fully saturated rings. The number of terminal acetylenes is 1. The first-order valence-corrected chi connectivity index (χ1v) is 4.47. The summed E-state index contributed by atoms with van der Waals surface area (Å²) in [5.74, 6) is 2.29. The van der Waals surface area contributed by atoms with E-state index in [9.17, 15) is 5.11 Å².